The third-order valence-electron chi connectivity index (χ3n) is 2.96. The highest BCUT2D eigenvalue weighted by atomic mass is 35.5. The standard InChI is InChI=1S/C14H11ClFNO3/c1-8-2-4-11(14(19)20)13(18)17(8)7-9-6-10(16)3-5-12(9)15/h2-6H,7H2,1H3,(H,19,20). The largest absolute Gasteiger partial charge is 0.477 e. The van der Waals surface area contributed by atoms with E-state index >= 15 is 0 Å². The molecule has 0 aliphatic heterocycles. The number of carboxylic acids is 1. The minimum absolute atomic E-state index is 0.0162. The van der Waals surface area contributed by atoms with E-state index in [1.807, 2.05) is 0 Å². The van der Waals surface area contributed by atoms with Crippen molar-refractivity contribution in [1.29, 1.82) is 0 Å². The summed E-state index contributed by atoms with van der Waals surface area (Å²) in [4.78, 5) is 23.0. The van der Waals surface area contributed by atoms with Crippen LogP contribution in [0, 0.1) is 12.7 Å². The Labute approximate surface area is 119 Å². The topological polar surface area (TPSA) is 59.3 Å². The lowest BCUT2D eigenvalue weighted by molar-refractivity contribution is 0.0694. The van der Waals surface area contributed by atoms with E-state index in [1.54, 1.807) is 6.92 Å². The van der Waals surface area contributed by atoms with Crippen LogP contribution in [0.1, 0.15) is 21.6 Å². The monoisotopic (exact) mass is 295 g/mol. The first kappa shape index (κ1) is 14.3. The molecule has 0 aliphatic carbocycles. The summed E-state index contributed by atoms with van der Waals surface area (Å²) in [7, 11) is 0. The van der Waals surface area contributed by atoms with Crippen molar-refractivity contribution in [2.45, 2.75) is 13.5 Å². The van der Waals surface area contributed by atoms with Gasteiger partial charge in [0, 0.05) is 10.7 Å². The Morgan fingerprint density at radius 1 is 1.35 bits per heavy atom. The summed E-state index contributed by atoms with van der Waals surface area (Å²) in [6.07, 6.45) is 0. The van der Waals surface area contributed by atoms with E-state index in [-0.39, 0.29) is 12.1 Å². The van der Waals surface area contributed by atoms with Gasteiger partial charge in [-0.15, -0.1) is 0 Å². The Morgan fingerprint density at radius 3 is 2.70 bits per heavy atom. The van der Waals surface area contributed by atoms with Gasteiger partial charge in [0.05, 0.1) is 6.54 Å². The Bertz CT molecular complexity index is 740. The maximum Gasteiger partial charge on any atom is 0.341 e. The van der Waals surface area contributed by atoms with Gasteiger partial charge in [0.2, 0.25) is 0 Å². The second-order valence-electron chi connectivity index (χ2n) is 4.32. The van der Waals surface area contributed by atoms with E-state index in [9.17, 15) is 14.0 Å². The summed E-state index contributed by atoms with van der Waals surface area (Å²) in [5.74, 6) is -1.77. The van der Waals surface area contributed by atoms with Gasteiger partial charge >= 0.3 is 5.97 Å². The smallest absolute Gasteiger partial charge is 0.341 e. The zero-order chi connectivity index (χ0) is 14.9. The third kappa shape index (κ3) is 2.72. The highest BCUT2D eigenvalue weighted by Gasteiger charge is 2.13. The summed E-state index contributed by atoms with van der Waals surface area (Å²) in [6, 6.07) is 6.62. The fourth-order valence-corrected chi connectivity index (χ4v) is 2.04. The first-order valence-corrected chi connectivity index (χ1v) is 6.15. The van der Waals surface area contributed by atoms with Crippen molar-refractivity contribution in [1.82, 2.24) is 4.57 Å². The minimum Gasteiger partial charge on any atom is -0.477 e. The van der Waals surface area contributed by atoms with Crippen molar-refractivity contribution >= 4 is 17.6 Å². The fraction of sp³-hybridized carbons (Fsp3) is 0.143. The van der Waals surface area contributed by atoms with Crippen LogP contribution in [0.4, 0.5) is 4.39 Å². The van der Waals surface area contributed by atoms with Gasteiger partial charge in [0.15, 0.2) is 0 Å². The van der Waals surface area contributed by atoms with Crippen LogP contribution in [0.25, 0.3) is 0 Å². The molecule has 1 aromatic carbocycles. The number of hydrogen-bond acceptors (Lipinski definition) is 2. The molecule has 0 amide bonds. The SMILES string of the molecule is Cc1ccc(C(=O)O)c(=O)n1Cc1cc(F)ccc1Cl. The Hall–Kier alpha value is -2.14. The Morgan fingerprint density at radius 2 is 2.05 bits per heavy atom. The van der Waals surface area contributed by atoms with Gasteiger partial charge in [-0.05, 0) is 42.8 Å². The van der Waals surface area contributed by atoms with Gasteiger partial charge in [-0.3, -0.25) is 4.79 Å². The van der Waals surface area contributed by atoms with E-state index in [0.717, 1.165) is 0 Å². The number of aromatic nitrogens is 1. The lowest BCUT2D eigenvalue weighted by Gasteiger charge is -2.12. The van der Waals surface area contributed by atoms with Crippen molar-refractivity contribution < 1.29 is 14.3 Å². The number of nitrogens with zero attached hydrogens (tertiary/aromatic N) is 1. The maximum absolute atomic E-state index is 13.2. The third-order valence-corrected chi connectivity index (χ3v) is 3.33. The van der Waals surface area contributed by atoms with Gasteiger partial charge in [0.25, 0.3) is 5.56 Å². The van der Waals surface area contributed by atoms with Crippen LogP contribution in [0.15, 0.2) is 35.1 Å². The molecule has 0 saturated carbocycles. The molecule has 0 saturated heterocycles. The molecule has 20 heavy (non-hydrogen) atoms. The van der Waals surface area contributed by atoms with Crippen molar-refractivity contribution in [2.24, 2.45) is 0 Å². The number of carbonyl (C=O) groups is 1. The summed E-state index contributed by atoms with van der Waals surface area (Å²) in [5, 5.41) is 9.26. The van der Waals surface area contributed by atoms with Crippen LogP contribution in [0.5, 0.6) is 0 Å². The molecule has 1 aromatic heterocycles. The molecule has 0 radical (unpaired) electrons. The summed E-state index contributed by atoms with van der Waals surface area (Å²) in [5.41, 5.74) is 0.0145. The van der Waals surface area contributed by atoms with Crippen LogP contribution in [-0.4, -0.2) is 15.6 Å². The van der Waals surface area contributed by atoms with Gasteiger partial charge < -0.3 is 9.67 Å². The van der Waals surface area contributed by atoms with Crippen molar-refractivity contribution in [3.63, 3.8) is 0 Å². The number of carboxylic acid groups (broad SMARTS) is 1. The zero-order valence-electron chi connectivity index (χ0n) is 10.6. The molecule has 0 fully saturated rings. The Kier molecular flexibility index (Phi) is 3.90. The molecule has 6 heteroatoms. The Balaban J connectivity index is 2.53. The van der Waals surface area contributed by atoms with Crippen molar-refractivity contribution in [2.75, 3.05) is 0 Å². The summed E-state index contributed by atoms with van der Waals surface area (Å²) < 4.78 is 14.5. The molecular formula is C14H11ClFNO3. The van der Waals surface area contributed by atoms with Crippen LogP contribution < -0.4 is 5.56 Å². The predicted octanol–water partition coefficient (Wildman–Crippen LogP) is 2.70. The normalized spacial score (nSPS) is 10.6. The number of rotatable bonds is 3. The number of benzene rings is 1. The van der Waals surface area contributed by atoms with Gasteiger partial charge in [-0.2, -0.15) is 0 Å². The maximum atomic E-state index is 13.2. The molecule has 2 aromatic rings. The molecule has 0 spiro atoms. The van der Waals surface area contributed by atoms with Gasteiger partial charge in [-0.25, -0.2) is 9.18 Å². The minimum atomic E-state index is -1.30. The average molecular weight is 296 g/mol. The predicted molar refractivity (Wildman–Crippen MR) is 72.9 cm³/mol. The molecule has 0 unspecified atom stereocenters. The molecular weight excluding hydrogens is 285 g/mol. The van der Waals surface area contributed by atoms with Crippen LogP contribution in [0.2, 0.25) is 5.02 Å². The first-order valence-electron chi connectivity index (χ1n) is 5.78. The van der Waals surface area contributed by atoms with Gasteiger partial charge in [-0.1, -0.05) is 11.6 Å². The number of hydrogen-bond donors (Lipinski definition) is 1. The van der Waals surface area contributed by atoms with E-state index in [2.05, 4.69) is 0 Å². The summed E-state index contributed by atoms with van der Waals surface area (Å²) >= 11 is 5.95. The first-order chi connectivity index (χ1) is 9.40. The van der Waals surface area contributed by atoms with E-state index in [1.165, 1.54) is 34.9 Å². The van der Waals surface area contributed by atoms with E-state index in [4.69, 9.17) is 16.7 Å². The van der Waals surface area contributed by atoms with E-state index < -0.39 is 17.3 Å². The highest BCUT2D eigenvalue weighted by Crippen LogP contribution is 2.18. The molecule has 104 valence electrons. The number of aromatic carboxylic acids is 1. The van der Waals surface area contributed by atoms with Crippen molar-refractivity contribution in [3.8, 4) is 0 Å². The fourth-order valence-electron chi connectivity index (χ4n) is 1.86. The van der Waals surface area contributed by atoms with E-state index in [0.29, 0.717) is 16.3 Å². The summed E-state index contributed by atoms with van der Waals surface area (Å²) in [6.45, 7) is 1.68. The number of halogens is 2. The lowest BCUT2D eigenvalue weighted by Crippen LogP contribution is -2.28. The molecule has 1 heterocycles. The molecule has 0 atom stereocenters. The highest BCUT2D eigenvalue weighted by molar-refractivity contribution is 6.31. The average Bonchev–Trinajstić information content (AvgIpc) is 2.38. The molecule has 2 rings (SSSR count). The number of aryl methyl sites for hydroxylation is 1. The number of pyridine rings is 1. The molecule has 1 N–H and O–H groups in total. The van der Waals surface area contributed by atoms with Crippen LogP contribution in [0.3, 0.4) is 0 Å². The van der Waals surface area contributed by atoms with Crippen LogP contribution in [-0.2, 0) is 6.54 Å². The van der Waals surface area contributed by atoms with Crippen molar-refractivity contribution in [3.05, 3.63) is 68.3 Å². The molecule has 0 bridgehead atoms. The zero-order valence-corrected chi connectivity index (χ0v) is 11.3. The second-order valence-corrected chi connectivity index (χ2v) is 4.73. The lowest BCUT2D eigenvalue weighted by atomic mass is 10.2. The van der Waals surface area contributed by atoms with Gasteiger partial charge in [0.1, 0.15) is 11.4 Å². The second kappa shape index (κ2) is 5.46. The van der Waals surface area contributed by atoms with Crippen LogP contribution >= 0.6 is 11.6 Å². The molecule has 0 aliphatic rings. The molecule has 4 nitrogen and oxygen atoms in total. The quantitative estimate of drug-likeness (QED) is 0.947.